The molecule has 2 rings (SSSR count). The second kappa shape index (κ2) is 5.80. The predicted molar refractivity (Wildman–Crippen MR) is 71.1 cm³/mol. The summed E-state index contributed by atoms with van der Waals surface area (Å²) in [5.41, 5.74) is 1.96. The Morgan fingerprint density at radius 3 is 2.61 bits per heavy atom. The van der Waals surface area contributed by atoms with Crippen molar-refractivity contribution < 1.29 is 4.74 Å². The van der Waals surface area contributed by atoms with Gasteiger partial charge >= 0.3 is 6.01 Å². The van der Waals surface area contributed by atoms with Crippen molar-refractivity contribution >= 4 is 11.6 Å². The molecule has 0 saturated heterocycles. The Hall–Kier alpha value is -1.65. The average molecular weight is 264 g/mol. The van der Waals surface area contributed by atoms with Crippen molar-refractivity contribution in [1.29, 1.82) is 0 Å². The number of nitrogens with zero attached hydrogens (tertiary/aromatic N) is 2. The molecule has 1 N–H and O–H groups in total. The Morgan fingerprint density at radius 2 is 2.00 bits per heavy atom. The fraction of sp³-hybridized carbons (Fsp3) is 0.231. The molecule has 0 aliphatic carbocycles. The van der Waals surface area contributed by atoms with Crippen LogP contribution in [0.25, 0.3) is 0 Å². The van der Waals surface area contributed by atoms with E-state index in [2.05, 4.69) is 15.3 Å². The largest absolute Gasteiger partial charge is 0.424 e. The summed E-state index contributed by atoms with van der Waals surface area (Å²) >= 11 is 5.80. The summed E-state index contributed by atoms with van der Waals surface area (Å²) in [6.07, 6.45) is 1.77. The minimum Gasteiger partial charge on any atom is -0.424 e. The Morgan fingerprint density at radius 1 is 1.28 bits per heavy atom. The number of hydrogen-bond donors (Lipinski definition) is 1. The topological polar surface area (TPSA) is 47.0 Å². The fourth-order valence-corrected chi connectivity index (χ4v) is 1.62. The molecule has 1 aromatic heterocycles. The monoisotopic (exact) mass is 263 g/mol. The van der Waals surface area contributed by atoms with E-state index in [1.165, 1.54) is 0 Å². The third-order valence-corrected chi connectivity index (χ3v) is 2.70. The van der Waals surface area contributed by atoms with Crippen molar-refractivity contribution in [3.8, 4) is 11.8 Å². The van der Waals surface area contributed by atoms with E-state index >= 15 is 0 Å². The van der Waals surface area contributed by atoms with Gasteiger partial charge < -0.3 is 10.1 Å². The van der Waals surface area contributed by atoms with Crippen molar-refractivity contribution in [2.24, 2.45) is 0 Å². The van der Waals surface area contributed by atoms with Crippen LogP contribution >= 0.6 is 11.6 Å². The second-order valence-electron chi connectivity index (χ2n) is 3.85. The summed E-state index contributed by atoms with van der Waals surface area (Å²) in [4.78, 5) is 8.47. The molecule has 2 aromatic rings. The maximum atomic E-state index is 5.80. The lowest BCUT2D eigenvalue weighted by Crippen LogP contribution is -2.08. The zero-order valence-corrected chi connectivity index (χ0v) is 11.0. The Balaban J connectivity index is 2.14. The summed E-state index contributed by atoms with van der Waals surface area (Å²) < 4.78 is 5.55. The van der Waals surface area contributed by atoms with Crippen LogP contribution in [0.3, 0.4) is 0 Å². The molecule has 0 aliphatic rings. The van der Waals surface area contributed by atoms with Crippen molar-refractivity contribution in [1.82, 2.24) is 15.3 Å². The van der Waals surface area contributed by atoms with Gasteiger partial charge in [0.15, 0.2) is 0 Å². The normalized spacial score (nSPS) is 10.4. The van der Waals surface area contributed by atoms with E-state index < -0.39 is 0 Å². The molecule has 5 heteroatoms. The Kier molecular flexibility index (Phi) is 4.12. The van der Waals surface area contributed by atoms with Gasteiger partial charge in [-0.25, -0.2) is 4.98 Å². The van der Waals surface area contributed by atoms with E-state index in [4.69, 9.17) is 16.3 Å². The minimum atomic E-state index is 0.342. The van der Waals surface area contributed by atoms with Gasteiger partial charge in [0.05, 0.1) is 0 Å². The molecule has 94 valence electrons. The van der Waals surface area contributed by atoms with Crippen LogP contribution in [-0.4, -0.2) is 17.0 Å². The molecular formula is C13H14ClN3O. The van der Waals surface area contributed by atoms with Crippen molar-refractivity contribution in [2.45, 2.75) is 13.5 Å². The van der Waals surface area contributed by atoms with Gasteiger partial charge in [-0.2, -0.15) is 4.98 Å². The third kappa shape index (κ3) is 3.18. The van der Waals surface area contributed by atoms with E-state index in [0.29, 0.717) is 16.8 Å². The maximum Gasteiger partial charge on any atom is 0.322 e. The first-order valence-electron chi connectivity index (χ1n) is 5.59. The van der Waals surface area contributed by atoms with Crippen LogP contribution in [0.2, 0.25) is 5.02 Å². The number of hydrogen-bond acceptors (Lipinski definition) is 4. The zero-order chi connectivity index (χ0) is 13.0. The number of aromatic nitrogens is 2. The van der Waals surface area contributed by atoms with Gasteiger partial charge in [-0.1, -0.05) is 11.6 Å². The maximum absolute atomic E-state index is 5.80. The summed E-state index contributed by atoms with van der Waals surface area (Å²) in [6.45, 7) is 2.68. The number of rotatable bonds is 4. The molecule has 0 atom stereocenters. The molecule has 0 amide bonds. The molecule has 0 radical (unpaired) electrons. The molecule has 0 spiro atoms. The molecule has 0 fully saturated rings. The molecule has 0 unspecified atom stereocenters. The van der Waals surface area contributed by atoms with Gasteiger partial charge in [0.1, 0.15) is 5.75 Å². The fourth-order valence-electron chi connectivity index (χ4n) is 1.49. The van der Waals surface area contributed by atoms with Crippen LogP contribution in [0.4, 0.5) is 0 Å². The molecule has 0 bridgehead atoms. The van der Waals surface area contributed by atoms with Crippen LogP contribution in [0.1, 0.15) is 11.3 Å². The quantitative estimate of drug-likeness (QED) is 0.921. The van der Waals surface area contributed by atoms with E-state index in [-0.39, 0.29) is 0 Å². The molecule has 18 heavy (non-hydrogen) atoms. The highest BCUT2D eigenvalue weighted by Gasteiger charge is 2.04. The Bertz CT molecular complexity index is 528. The highest BCUT2D eigenvalue weighted by Crippen LogP contribution is 2.20. The van der Waals surface area contributed by atoms with E-state index in [1.807, 2.05) is 14.0 Å². The number of halogens is 1. The molecule has 0 saturated carbocycles. The van der Waals surface area contributed by atoms with Crippen LogP contribution in [-0.2, 0) is 6.54 Å². The average Bonchev–Trinajstić information content (AvgIpc) is 2.36. The number of aryl methyl sites for hydroxylation is 1. The molecule has 0 aliphatic heterocycles. The molecule has 1 heterocycles. The minimum absolute atomic E-state index is 0.342. The molecule has 1 aromatic carbocycles. The van der Waals surface area contributed by atoms with Crippen molar-refractivity contribution in [3.05, 3.63) is 46.7 Å². The van der Waals surface area contributed by atoms with E-state index in [0.717, 1.165) is 17.8 Å². The molecule has 4 nitrogen and oxygen atoms in total. The van der Waals surface area contributed by atoms with Crippen LogP contribution < -0.4 is 10.1 Å². The highest BCUT2D eigenvalue weighted by molar-refractivity contribution is 6.30. The summed E-state index contributed by atoms with van der Waals surface area (Å²) in [5.74, 6) is 0.667. The van der Waals surface area contributed by atoms with Crippen molar-refractivity contribution in [3.63, 3.8) is 0 Å². The van der Waals surface area contributed by atoms with Gasteiger partial charge in [-0.3, -0.25) is 0 Å². The lowest BCUT2D eigenvalue weighted by Gasteiger charge is -2.07. The summed E-state index contributed by atoms with van der Waals surface area (Å²) in [5, 5.41) is 3.73. The van der Waals surface area contributed by atoms with Crippen LogP contribution in [0.5, 0.6) is 11.8 Å². The second-order valence-corrected chi connectivity index (χ2v) is 4.29. The number of ether oxygens (including phenoxy) is 1. The molecular weight excluding hydrogens is 250 g/mol. The van der Waals surface area contributed by atoms with Gasteiger partial charge in [0.25, 0.3) is 0 Å². The van der Waals surface area contributed by atoms with Gasteiger partial charge in [0, 0.05) is 29.0 Å². The van der Waals surface area contributed by atoms with Gasteiger partial charge in [-0.05, 0) is 38.2 Å². The van der Waals surface area contributed by atoms with E-state index in [1.54, 1.807) is 30.5 Å². The first kappa shape index (κ1) is 12.8. The lowest BCUT2D eigenvalue weighted by atomic mass is 10.2. The first-order valence-corrected chi connectivity index (χ1v) is 5.97. The van der Waals surface area contributed by atoms with E-state index in [9.17, 15) is 0 Å². The SMILES string of the molecule is CNCc1cnc(Oc2ccc(Cl)cc2)nc1C. The number of nitrogens with one attached hydrogen (secondary N) is 1. The number of benzene rings is 1. The standard InChI is InChI=1S/C13H14ClN3O/c1-9-10(7-15-2)8-16-13(17-9)18-12-5-3-11(14)4-6-12/h3-6,8,15H,7H2,1-2H3. The van der Waals surface area contributed by atoms with Gasteiger partial charge in [0.2, 0.25) is 0 Å². The smallest absolute Gasteiger partial charge is 0.322 e. The highest BCUT2D eigenvalue weighted by atomic mass is 35.5. The summed E-state index contributed by atoms with van der Waals surface area (Å²) in [7, 11) is 1.89. The summed E-state index contributed by atoms with van der Waals surface area (Å²) in [6, 6.07) is 7.43. The van der Waals surface area contributed by atoms with Crippen LogP contribution in [0, 0.1) is 6.92 Å². The zero-order valence-electron chi connectivity index (χ0n) is 10.3. The van der Waals surface area contributed by atoms with Crippen molar-refractivity contribution in [2.75, 3.05) is 7.05 Å². The predicted octanol–water partition coefficient (Wildman–Crippen LogP) is 2.95. The Labute approximate surface area is 111 Å². The lowest BCUT2D eigenvalue weighted by molar-refractivity contribution is 0.439. The third-order valence-electron chi connectivity index (χ3n) is 2.45. The van der Waals surface area contributed by atoms with Crippen LogP contribution in [0.15, 0.2) is 30.5 Å². The van der Waals surface area contributed by atoms with Gasteiger partial charge in [-0.15, -0.1) is 0 Å². The first-order chi connectivity index (χ1) is 8.69.